The average molecular weight is 358 g/mol. The molecule has 0 aliphatic heterocycles. The molecule has 0 saturated carbocycles. The Bertz CT molecular complexity index is 724. The van der Waals surface area contributed by atoms with Gasteiger partial charge in [0.05, 0.1) is 11.3 Å². The topological polar surface area (TPSA) is 87.6 Å². The molecule has 0 aliphatic rings. The second-order valence-corrected chi connectivity index (χ2v) is 4.84. The van der Waals surface area contributed by atoms with Crippen LogP contribution < -0.4 is 11.1 Å². The second kappa shape index (κ2) is 5.57. The zero-order valence-electron chi connectivity index (χ0n) is 10.2. The van der Waals surface area contributed by atoms with Crippen molar-refractivity contribution in [2.24, 2.45) is 0 Å². The highest BCUT2D eigenvalue weighted by molar-refractivity contribution is 9.10. The van der Waals surface area contributed by atoms with E-state index >= 15 is 0 Å². The van der Waals surface area contributed by atoms with E-state index in [-0.39, 0.29) is 17.2 Å². The van der Waals surface area contributed by atoms with E-state index in [1.54, 1.807) is 12.1 Å². The Labute approximate surface area is 125 Å². The molecular formula is C12H7BrF3N5. The molecule has 1 aromatic heterocycles. The van der Waals surface area contributed by atoms with Gasteiger partial charge in [0, 0.05) is 10.5 Å². The van der Waals surface area contributed by atoms with Crippen molar-refractivity contribution in [1.82, 2.24) is 9.97 Å². The predicted molar refractivity (Wildman–Crippen MR) is 73.6 cm³/mol. The van der Waals surface area contributed by atoms with Gasteiger partial charge < -0.3 is 11.1 Å². The van der Waals surface area contributed by atoms with Crippen LogP contribution in [0.4, 0.5) is 30.5 Å². The molecule has 0 amide bonds. The van der Waals surface area contributed by atoms with Gasteiger partial charge in [0.1, 0.15) is 17.7 Å². The van der Waals surface area contributed by atoms with Crippen molar-refractivity contribution in [3.8, 4) is 6.07 Å². The van der Waals surface area contributed by atoms with Crippen LogP contribution in [0, 0.1) is 11.3 Å². The van der Waals surface area contributed by atoms with E-state index in [9.17, 15) is 13.2 Å². The first kappa shape index (κ1) is 15.1. The number of nitrogen functional groups attached to an aromatic ring is 1. The second-order valence-electron chi connectivity index (χ2n) is 3.93. The molecule has 0 saturated heterocycles. The number of nitrogens with one attached hydrogen (secondary N) is 1. The van der Waals surface area contributed by atoms with Gasteiger partial charge in [-0.25, -0.2) is 9.97 Å². The van der Waals surface area contributed by atoms with Crippen molar-refractivity contribution in [2.75, 3.05) is 11.1 Å². The lowest BCUT2D eigenvalue weighted by Crippen LogP contribution is -2.13. The fraction of sp³-hybridized carbons (Fsp3) is 0.0833. The minimum Gasteiger partial charge on any atom is -0.384 e. The van der Waals surface area contributed by atoms with E-state index < -0.39 is 12.0 Å². The summed E-state index contributed by atoms with van der Waals surface area (Å²) in [6.45, 7) is 0. The molecular weight excluding hydrogens is 351 g/mol. The third kappa shape index (κ3) is 3.61. The van der Waals surface area contributed by atoms with Crippen molar-refractivity contribution in [1.29, 1.82) is 5.26 Å². The first-order valence-electron chi connectivity index (χ1n) is 5.48. The number of nitrogens with zero attached hydrogens (tertiary/aromatic N) is 3. The van der Waals surface area contributed by atoms with Gasteiger partial charge in [0.15, 0.2) is 0 Å². The lowest BCUT2D eigenvalue weighted by molar-refractivity contribution is -0.144. The normalized spacial score (nSPS) is 11.0. The highest BCUT2D eigenvalue weighted by Crippen LogP contribution is 2.29. The Hall–Kier alpha value is -2.34. The number of nitrogens with two attached hydrogens (primary N) is 1. The summed E-state index contributed by atoms with van der Waals surface area (Å²) in [5, 5.41) is 11.6. The number of rotatable bonds is 2. The molecule has 3 N–H and O–H groups in total. The maximum atomic E-state index is 12.6. The summed E-state index contributed by atoms with van der Waals surface area (Å²) in [4.78, 5) is 6.49. The average Bonchev–Trinajstić information content (AvgIpc) is 2.37. The first-order valence-corrected chi connectivity index (χ1v) is 6.27. The van der Waals surface area contributed by atoms with Crippen LogP contribution in [0.15, 0.2) is 28.7 Å². The molecule has 0 bridgehead atoms. The van der Waals surface area contributed by atoms with Gasteiger partial charge in [0.2, 0.25) is 5.82 Å². The predicted octanol–water partition coefficient (Wildman–Crippen LogP) is 3.46. The molecule has 2 rings (SSSR count). The molecule has 0 aliphatic carbocycles. The summed E-state index contributed by atoms with van der Waals surface area (Å²) in [5.41, 5.74) is 5.90. The van der Waals surface area contributed by atoms with Crippen molar-refractivity contribution >= 4 is 33.3 Å². The number of anilines is 3. The van der Waals surface area contributed by atoms with E-state index in [2.05, 4.69) is 31.2 Å². The van der Waals surface area contributed by atoms with E-state index in [4.69, 9.17) is 11.0 Å². The zero-order valence-corrected chi connectivity index (χ0v) is 11.8. The molecule has 9 heteroatoms. The SMILES string of the molecule is N#Cc1ccc(Br)cc1Nc1cc(N)nc(C(F)(F)F)n1. The van der Waals surface area contributed by atoms with Gasteiger partial charge in [-0.1, -0.05) is 15.9 Å². The number of alkyl halides is 3. The van der Waals surface area contributed by atoms with Crippen LogP contribution in [-0.4, -0.2) is 9.97 Å². The standard InChI is InChI=1S/C12H7BrF3N5/c13-7-2-1-6(5-17)8(3-7)19-10-4-9(18)20-11(21-10)12(14,15)16/h1-4H,(H3,18,19,20,21). The minimum atomic E-state index is -4.71. The van der Waals surface area contributed by atoms with Crippen LogP contribution in [0.25, 0.3) is 0 Å². The van der Waals surface area contributed by atoms with E-state index in [1.165, 1.54) is 6.07 Å². The van der Waals surface area contributed by atoms with Crippen LogP contribution in [-0.2, 0) is 6.18 Å². The highest BCUT2D eigenvalue weighted by atomic mass is 79.9. The molecule has 0 unspecified atom stereocenters. The number of hydrogen-bond acceptors (Lipinski definition) is 5. The Morgan fingerprint density at radius 3 is 2.57 bits per heavy atom. The molecule has 0 atom stereocenters. The fourth-order valence-corrected chi connectivity index (χ4v) is 1.87. The fourth-order valence-electron chi connectivity index (χ4n) is 1.51. The lowest BCUT2D eigenvalue weighted by atomic mass is 10.2. The third-order valence-corrected chi connectivity index (χ3v) is 2.86. The number of nitriles is 1. The van der Waals surface area contributed by atoms with Crippen molar-refractivity contribution < 1.29 is 13.2 Å². The Balaban J connectivity index is 2.43. The molecule has 5 nitrogen and oxygen atoms in total. The highest BCUT2D eigenvalue weighted by Gasteiger charge is 2.35. The van der Waals surface area contributed by atoms with Crippen LogP contribution >= 0.6 is 15.9 Å². The molecule has 1 heterocycles. The molecule has 0 radical (unpaired) electrons. The summed E-state index contributed by atoms with van der Waals surface area (Å²) in [5.74, 6) is -1.82. The number of halogens is 4. The summed E-state index contributed by atoms with van der Waals surface area (Å²) in [6.07, 6.45) is -4.71. The van der Waals surface area contributed by atoms with Crippen LogP contribution in [0.5, 0.6) is 0 Å². The van der Waals surface area contributed by atoms with Crippen molar-refractivity contribution in [3.05, 3.63) is 40.1 Å². The first-order chi connectivity index (χ1) is 9.79. The number of aromatic nitrogens is 2. The Morgan fingerprint density at radius 2 is 1.95 bits per heavy atom. The van der Waals surface area contributed by atoms with Gasteiger partial charge in [-0.2, -0.15) is 18.4 Å². The summed E-state index contributed by atoms with van der Waals surface area (Å²) in [6, 6.07) is 7.77. The maximum Gasteiger partial charge on any atom is 0.451 e. The van der Waals surface area contributed by atoms with Crippen molar-refractivity contribution in [3.63, 3.8) is 0 Å². The van der Waals surface area contributed by atoms with Gasteiger partial charge in [0.25, 0.3) is 0 Å². The van der Waals surface area contributed by atoms with Gasteiger partial charge >= 0.3 is 6.18 Å². The third-order valence-electron chi connectivity index (χ3n) is 2.36. The van der Waals surface area contributed by atoms with E-state index in [0.717, 1.165) is 6.07 Å². The van der Waals surface area contributed by atoms with Crippen LogP contribution in [0.3, 0.4) is 0 Å². The lowest BCUT2D eigenvalue weighted by Gasteiger charge is -2.11. The molecule has 1 aromatic carbocycles. The summed E-state index contributed by atoms with van der Waals surface area (Å²) in [7, 11) is 0. The summed E-state index contributed by atoms with van der Waals surface area (Å²) >= 11 is 3.21. The summed E-state index contributed by atoms with van der Waals surface area (Å²) < 4.78 is 38.5. The smallest absolute Gasteiger partial charge is 0.384 e. The minimum absolute atomic E-state index is 0.149. The Morgan fingerprint density at radius 1 is 1.24 bits per heavy atom. The zero-order chi connectivity index (χ0) is 15.6. The molecule has 0 spiro atoms. The van der Waals surface area contributed by atoms with Crippen molar-refractivity contribution in [2.45, 2.75) is 6.18 Å². The number of hydrogen-bond donors (Lipinski definition) is 2. The largest absolute Gasteiger partial charge is 0.451 e. The van der Waals surface area contributed by atoms with Gasteiger partial charge in [-0.15, -0.1) is 0 Å². The van der Waals surface area contributed by atoms with Gasteiger partial charge in [-0.3, -0.25) is 0 Å². The monoisotopic (exact) mass is 357 g/mol. The number of benzene rings is 1. The molecule has 21 heavy (non-hydrogen) atoms. The maximum absolute atomic E-state index is 12.6. The van der Waals surface area contributed by atoms with Crippen LogP contribution in [0.2, 0.25) is 0 Å². The molecule has 0 fully saturated rings. The van der Waals surface area contributed by atoms with Gasteiger partial charge in [-0.05, 0) is 18.2 Å². The quantitative estimate of drug-likeness (QED) is 0.859. The molecule has 108 valence electrons. The Kier molecular flexibility index (Phi) is 3.99. The van der Waals surface area contributed by atoms with Crippen LogP contribution in [0.1, 0.15) is 11.4 Å². The van der Waals surface area contributed by atoms with E-state index in [1.807, 2.05) is 6.07 Å². The van der Waals surface area contributed by atoms with E-state index in [0.29, 0.717) is 10.2 Å². The molecule has 2 aromatic rings.